The summed E-state index contributed by atoms with van der Waals surface area (Å²) in [7, 11) is 2.05. The predicted molar refractivity (Wildman–Crippen MR) is 145 cm³/mol. The fourth-order valence-electron chi connectivity index (χ4n) is 5.04. The Hall–Kier alpha value is -2.78. The van der Waals surface area contributed by atoms with Gasteiger partial charge < -0.3 is 15.1 Å². The molecule has 2 aliphatic rings. The maximum atomic E-state index is 13.4. The molecule has 2 amide bonds. The molecular weight excluding hydrogens is 511 g/mol. The number of carbonyl (C=O) groups excluding carboxylic acids is 2. The molecule has 1 N–H and O–H groups in total. The zero-order valence-electron chi connectivity index (χ0n) is 21.5. The van der Waals surface area contributed by atoms with E-state index in [9.17, 15) is 22.8 Å². The maximum absolute atomic E-state index is 13.4. The monoisotopic (exact) mass is 545 g/mol. The summed E-state index contributed by atoms with van der Waals surface area (Å²) in [6.45, 7) is 2.19. The Kier molecular flexibility index (Phi) is 9.54. The number of rotatable bonds is 9. The lowest BCUT2D eigenvalue weighted by molar-refractivity contribution is -0.137. The molecule has 204 valence electrons. The molecule has 1 aliphatic heterocycles. The molecule has 38 heavy (non-hydrogen) atoms. The van der Waals surface area contributed by atoms with E-state index < -0.39 is 11.7 Å². The summed E-state index contributed by atoms with van der Waals surface area (Å²) in [5.74, 6) is -0.412. The highest BCUT2D eigenvalue weighted by molar-refractivity contribution is 8.04. The van der Waals surface area contributed by atoms with E-state index in [0.717, 1.165) is 57.3 Å². The van der Waals surface area contributed by atoms with E-state index in [1.54, 1.807) is 11.0 Å². The van der Waals surface area contributed by atoms with Crippen LogP contribution in [0.2, 0.25) is 0 Å². The van der Waals surface area contributed by atoms with Gasteiger partial charge in [-0.1, -0.05) is 55.3 Å². The Morgan fingerprint density at radius 2 is 1.82 bits per heavy atom. The summed E-state index contributed by atoms with van der Waals surface area (Å²) in [6, 6.07) is 15.0. The van der Waals surface area contributed by atoms with Crippen molar-refractivity contribution in [3.63, 3.8) is 0 Å². The molecular formula is C29H34F3N3O2S. The van der Waals surface area contributed by atoms with Gasteiger partial charge in [0.1, 0.15) is 6.54 Å². The van der Waals surface area contributed by atoms with Crippen LogP contribution >= 0.6 is 11.8 Å². The van der Waals surface area contributed by atoms with E-state index in [2.05, 4.69) is 22.3 Å². The fourth-order valence-corrected chi connectivity index (χ4v) is 6.52. The van der Waals surface area contributed by atoms with Crippen molar-refractivity contribution in [3.05, 3.63) is 76.2 Å². The van der Waals surface area contributed by atoms with Crippen LogP contribution in [0.4, 0.5) is 13.2 Å². The van der Waals surface area contributed by atoms with Crippen molar-refractivity contribution in [2.45, 2.75) is 56.1 Å². The van der Waals surface area contributed by atoms with Crippen LogP contribution < -0.4 is 5.32 Å². The Bertz CT molecular complexity index is 1120. The Labute approximate surface area is 226 Å². The zero-order chi connectivity index (χ0) is 27.1. The largest absolute Gasteiger partial charge is 0.416 e. The molecule has 0 spiro atoms. The molecule has 2 unspecified atom stereocenters. The molecule has 1 heterocycles. The van der Waals surface area contributed by atoms with Gasteiger partial charge in [-0.25, -0.2) is 0 Å². The number of thioether (sulfide) groups is 1. The SMILES string of the molecule is CN(CCCNC(=O)CN1C(=O)/C(=C/c2ccc(C(F)(F)F)cc2)SC2CCCCC21)Cc1ccccc1. The molecule has 0 bridgehead atoms. The van der Waals surface area contributed by atoms with Gasteiger partial charge in [0.25, 0.3) is 5.91 Å². The predicted octanol–water partition coefficient (Wildman–Crippen LogP) is 5.57. The molecule has 1 aliphatic carbocycles. The third kappa shape index (κ3) is 7.63. The third-order valence-corrected chi connectivity index (χ3v) is 8.40. The minimum Gasteiger partial charge on any atom is -0.355 e. The lowest BCUT2D eigenvalue weighted by Gasteiger charge is -2.43. The first-order valence-electron chi connectivity index (χ1n) is 13.1. The van der Waals surface area contributed by atoms with E-state index in [0.29, 0.717) is 17.0 Å². The third-order valence-electron chi connectivity index (χ3n) is 7.00. The van der Waals surface area contributed by atoms with Crippen LogP contribution in [0, 0.1) is 0 Å². The van der Waals surface area contributed by atoms with Gasteiger partial charge in [-0.3, -0.25) is 9.59 Å². The van der Waals surface area contributed by atoms with Gasteiger partial charge in [-0.05, 0) is 62.2 Å². The van der Waals surface area contributed by atoms with Crippen molar-refractivity contribution >= 4 is 29.7 Å². The van der Waals surface area contributed by atoms with Crippen molar-refractivity contribution in [3.8, 4) is 0 Å². The summed E-state index contributed by atoms with van der Waals surface area (Å²) >= 11 is 1.49. The second-order valence-corrected chi connectivity index (χ2v) is 11.3. The second-order valence-electron chi connectivity index (χ2n) is 10.00. The molecule has 4 rings (SSSR count). The lowest BCUT2D eigenvalue weighted by atomic mass is 9.93. The van der Waals surface area contributed by atoms with Crippen molar-refractivity contribution in [1.29, 1.82) is 0 Å². The molecule has 0 radical (unpaired) electrons. The smallest absolute Gasteiger partial charge is 0.355 e. The minimum absolute atomic E-state index is 0.00578. The van der Waals surface area contributed by atoms with Gasteiger partial charge in [0.2, 0.25) is 5.91 Å². The van der Waals surface area contributed by atoms with E-state index in [1.807, 2.05) is 25.2 Å². The molecule has 1 saturated heterocycles. The van der Waals surface area contributed by atoms with Gasteiger partial charge in [-0.2, -0.15) is 13.2 Å². The van der Waals surface area contributed by atoms with Gasteiger partial charge in [0, 0.05) is 24.4 Å². The Balaban J connectivity index is 1.34. The molecule has 5 nitrogen and oxygen atoms in total. The van der Waals surface area contributed by atoms with Gasteiger partial charge in [0.05, 0.1) is 10.5 Å². The summed E-state index contributed by atoms with van der Waals surface area (Å²) in [5.41, 5.74) is 1.05. The molecule has 2 atom stereocenters. The summed E-state index contributed by atoms with van der Waals surface area (Å²) in [4.78, 5) is 30.6. The first-order chi connectivity index (χ1) is 18.2. The van der Waals surface area contributed by atoms with E-state index in [4.69, 9.17) is 0 Å². The van der Waals surface area contributed by atoms with Gasteiger partial charge in [0.15, 0.2) is 0 Å². The molecule has 9 heteroatoms. The van der Waals surface area contributed by atoms with Gasteiger partial charge >= 0.3 is 6.18 Å². The van der Waals surface area contributed by atoms with Gasteiger partial charge in [-0.15, -0.1) is 11.8 Å². The number of benzene rings is 2. The van der Waals surface area contributed by atoms with E-state index in [1.165, 1.54) is 29.5 Å². The maximum Gasteiger partial charge on any atom is 0.416 e. The standard InChI is InChI=1S/C29H34F3N3O2S/c1-34(19-22-8-3-2-4-9-22)17-7-16-33-27(36)20-35-24-10-5-6-11-25(24)38-26(28(35)37)18-21-12-14-23(15-13-21)29(30,31)32/h2-4,8-9,12-15,18,24-25H,5-7,10-11,16-17,19-20H2,1H3,(H,33,36)/b26-18-. The highest BCUT2D eigenvalue weighted by atomic mass is 32.2. The van der Waals surface area contributed by atoms with Crippen molar-refractivity contribution in [2.75, 3.05) is 26.7 Å². The number of nitrogens with one attached hydrogen (secondary N) is 1. The normalized spacial score (nSPS) is 21.0. The van der Waals surface area contributed by atoms with Crippen LogP contribution in [-0.4, -0.2) is 59.6 Å². The number of alkyl halides is 3. The van der Waals surface area contributed by atoms with Crippen LogP contribution in [0.3, 0.4) is 0 Å². The summed E-state index contributed by atoms with van der Waals surface area (Å²) in [5, 5.41) is 3.14. The zero-order valence-corrected chi connectivity index (χ0v) is 22.4. The molecule has 2 aromatic rings. The Morgan fingerprint density at radius 1 is 1.11 bits per heavy atom. The fraction of sp³-hybridized carbons (Fsp3) is 0.448. The van der Waals surface area contributed by atoms with Crippen molar-refractivity contribution in [2.24, 2.45) is 0 Å². The summed E-state index contributed by atoms with van der Waals surface area (Å²) < 4.78 is 38.8. The molecule has 0 aromatic heterocycles. The first kappa shape index (κ1) is 28.2. The number of fused-ring (bicyclic) bond motifs is 1. The minimum atomic E-state index is -4.40. The second kappa shape index (κ2) is 12.8. The number of hydrogen-bond donors (Lipinski definition) is 1. The van der Waals surface area contributed by atoms with Crippen LogP contribution in [0.25, 0.3) is 6.08 Å². The number of amides is 2. The molecule has 2 aromatic carbocycles. The van der Waals surface area contributed by atoms with E-state index in [-0.39, 0.29) is 29.7 Å². The molecule has 2 fully saturated rings. The number of hydrogen-bond acceptors (Lipinski definition) is 4. The number of nitrogens with zero attached hydrogens (tertiary/aromatic N) is 2. The highest BCUT2D eigenvalue weighted by Crippen LogP contribution is 2.42. The topological polar surface area (TPSA) is 52.7 Å². The number of halogens is 3. The van der Waals surface area contributed by atoms with E-state index >= 15 is 0 Å². The van der Waals surface area contributed by atoms with Crippen LogP contribution in [-0.2, 0) is 22.3 Å². The quantitative estimate of drug-likeness (QED) is 0.331. The average molecular weight is 546 g/mol. The van der Waals surface area contributed by atoms with Crippen LogP contribution in [0.1, 0.15) is 48.8 Å². The lowest BCUT2D eigenvalue weighted by Crippen LogP contribution is -2.54. The first-order valence-corrected chi connectivity index (χ1v) is 13.9. The van der Waals surface area contributed by atoms with Crippen molar-refractivity contribution < 1.29 is 22.8 Å². The number of carbonyl (C=O) groups is 2. The average Bonchev–Trinajstić information content (AvgIpc) is 2.89. The highest BCUT2D eigenvalue weighted by Gasteiger charge is 2.41. The summed E-state index contributed by atoms with van der Waals surface area (Å²) in [6.07, 6.45) is 1.91. The van der Waals surface area contributed by atoms with Crippen LogP contribution in [0.5, 0.6) is 0 Å². The van der Waals surface area contributed by atoms with Crippen molar-refractivity contribution in [1.82, 2.24) is 15.1 Å². The van der Waals surface area contributed by atoms with Crippen LogP contribution in [0.15, 0.2) is 59.5 Å². The Morgan fingerprint density at radius 3 is 2.53 bits per heavy atom. The molecule has 1 saturated carbocycles.